The van der Waals surface area contributed by atoms with Gasteiger partial charge < -0.3 is 15.0 Å². The Morgan fingerprint density at radius 2 is 1.96 bits per heavy atom. The third kappa shape index (κ3) is 4.22. The molecule has 1 N–H and O–H groups in total. The van der Waals surface area contributed by atoms with E-state index in [-0.39, 0.29) is 24.8 Å². The highest BCUT2D eigenvalue weighted by Gasteiger charge is 2.35. The normalized spacial score (nSPS) is 16.2. The summed E-state index contributed by atoms with van der Waals surface area (Å²) in [6, 6.07) is 12.5. The zero-order chi connectivity index (χ0) is 20.3. The first-order chi connectivity index (χ1) is 13.4. The molecule has 6 heteroatoms. The fraction of sp³-hybridized carbons (Fsp3) is 0.318. The molecule has 1 fully saturated rings. The number of rotatable bonds is 5. The largest absolute Gasteiger partial charge is 0.462 e. The van der Waals surface area contributed by atoms with Gasteiger partial charge in [-0.15, -0.1) is 0 Å². The quantitative estimate of drug-likeness (QED) is 0.806. The van der Waals surface area contributed by atoms with Gasteiger partial charge in [-0.1, -0.05) is 23.8 Å². The van der Waals surface area contributed by atoms with Gasteiger partial charge in [-0.3, -0.25) is 9.59 Å². The van der Waals surface area contributed by atoms with Crippen LogP contribution in [0.4, 0.5) is 11.4 Å². The van der Waals surface area contributed by atoms with Crippen LogP contribution in [0.2, 0.25) is 0 Å². The molecule has 1 aliphatic heterocycles. The van der Waals surface area contributed by atoms with Crippen LogP contribution in [0.15, 0.2) is 42.5 Å². The molecule has 146 valence electrons. The summed E-state index contributed by atoms with van der Waals surface area (Å²) in [5.41, 5.74) is 3.86. The topological polar surface area (TPSA) is 75.7 Å². The van der Waals surface area contributed by atoms with Crippen LogP contribution in [0.5, 0.6) is 0 Å². The van der Waals surface area contributed by atoms with Gasteiger partial charge in [0.25, 0.3) is 0 Å². The molecule has 1 saturated heterocycles. The highest BCUT2D eigenvalue weighted by Crippen LogP contribution is 2.29. The third-order valence-corrected chi connectivity index (χ3v) is 4.78. The monoisotopic (exact) mass is 380 g/mol. The molecule has 1 atom stereocenters. The van der Waals surface area contributed by atoms with E-state index in [4.69, 9.17) is 4.74 Å². The van der Waals surface area contributed by atoms with Crippen LogP contribution < -0.4 is 10.2 Å². The van der Waals surface area contributed by atoms with E-state index in [9.17, 15) is 14.4 Å². The second-order valence-electron chi connectivity index (χ2n) is 6.99. The summed E-state index contributed by atoms with van der Waals surface area (Å²) >= 11 is 0. The molecule has 6 nitrogen and oxygen atoms in total. The average Bonchev–Trinajstić information content (AvgIpc) is 3.04. The van der Waals surface area contributed by atoms with Gasteiger partial charge in [0, 0.05) is 24.3 Å². The SMILES string of the molecule is CCOC(=O)c1cccc(NC(=O)C2CC(=O)N(c3ccc(C)cc3C)C2)c1. The predicted molar refractivity (Wildman–Crippen MR) is 107 cm³/mol. The highest BCUT2D eigenvalue weighted by atomic mass is 16.5. The molecule has 2 aromatic rings. The lowest BCUT2D eigenvalue weighted by molar-refractivity contribution is -0.122. The Labute approximate surface area is 164 Å². The maximum Gasteiger partial charge on any atom is 0.338 e. The zero-order valence-corrected chi connectivity index (χ0v) is 16.3. The van der Waals surface area contributed by atoms with Crippen molar-refractivity contribution in [1.82, 2.24) is 0 Å². The number of ether oxygens (including phenoxy) is 1. The summed E-state index contributed by atoms with van der Waals surface area (Å²) < 4.78 is 4.98. The van der Waals surface area contributed by atoms with Crippen molar-refractivity contribution in [1.29, 1.82) is 0 Å². The van der Waals surface area contributed by atoms with Crippen molar-refractivity contribution in [3.8, 4) is 0 Å². The summed E-state index contributed by atoms with van der Waals surface area (Å²) in [6.45, 7) is 6.33. The zero-order valence-electron chi connectivity index (χ0n) is 16.3. The Kier molecular flexibility index (Phi) is 5.78. The van der Waals surface area contributed by atoms with E-state index < -0.39 is 11.9 Å². The van der Waals surface area contributed by atoms with Crippen LogP contribution in [0.25, 0.3) is 0 Å². The van der Waals surface area contributed by atoms with Gasteiger partial charge in [0.2, 0.25) is 11.8 Å². The number of nitrogens with one attached hydrogen (secondary N) is 1. The van der Waals surface area contributed by atoms with Crippen molar-refractivity contribution in [3.63, 3.8) is 0 Å². The van der Waals surface area contributed by atoms with Gasteiger partial charge in [-0.2, -0.15) is 0 Å². The highest BCUT2D eigenvalue weighted by molar-refractivity contribution is 6.04. The maximum absolute atomic E-state index is 12.7. The van der Waals surface area contributed by atoms with Crippen molar-refractivity contribution in [2.75, 3.05) is 23.4 Å². The average molecular weight is 380 g/mol. The summed E-state index contributed by atoms with van der Waals surface area (Å²) in [5.74, 6) is -1.18. The van der Waals surface area contributed by atoms with Crippen molar-refractivity contribution in [2.24, 2.45) is 5.92 Å². The molecular formula is C22H24N2O4. The van der Waals surface area contributed by atoms with Crippen LogP contribution >= 0.6 is 0 Å². The summed E-state index contributed by atoms with van der Waals surface area (Å²) in [4.78, 5) is 38.7. The molecule has 1 aliphatic rings. The fourth-order valence-electron chi connectivity index (χ4n) is 3.41. The van der Waals surface area contributed by atoms with E-state index in [0.717, 1.165) is 16.8 Å². The smallest absolute Gasteiger partial charge is 0.338 e. The predicted octanol–water partition coefficient (Wildman–Crippen LogP) is 3.47. The van der Waals surface area contributed by atoms with Crippen molar-refractivity contribution in [3.05, 3.63) is 59.2 Å². The molecule has 1 unspecified atom stereocenters. The fourth-order valence-corrected chi connectivity index (χ4v) is 3.41. The second-order valence-corrected chi connectivity index (χ2v) is 6.99. The first-order valence-electron chi connectivity index (χ1n) is 9.34. The second kappa shape index (κ2) is 8.25. The minimum absolute atomic E-state index is 0.0626. The molecule has 0 bridgehead atoms. The van der Waals surface area contributed by atoms with E-state index in [0.29, 0.717) is 17.8 Å². The number of benzene rings is 2. The minimum Gasteiger partial charge on any atom is -0.462 e. The first kappa shape index (κ1) is 19.6. The Morgan fingerprint density at radius 3 is 2.68 bits per heavy atom. The molecule has 28 heavy (non-hydrogen) atoms. The molecule has 2 amide bonds. The first-order valence-corrected chi connectivity index (χ1v) is 9.34. The van der Waals surface area contributed by atoms with E-state index in [1.54, 1.807) is 36.1 Å². The number of nitrogens with zero attached hydrogens (tertiary/aromatic N) is 1. The van der Waals surface area contributed by atoms with E-state index in [1.807, 2.05) is 32.0 Å². The number of hydrogen-bond acceptors (Lipinski definition) is 4. The van der Waals surface area contributed by atoms with E-state index in [2.05, 4.69) is 5.32 Å². The van der Waals surface area contributed by atoms with Crippen LogP contribution in [0.1, 0.15) is 34.8 Å². The number of hydrogen-bond donors (Lipinski definition) is 1. The van der Waals surface area contributed by atoms with Crippen LogP contribution in [-0.2, 0) is 14.3 Å². The Balaban J connectivity index is 1.70. The van der Waals surface area contributed by atoms with Crippen molar-refractivity contribution < 1.29 is 19.1 Å². The van der Waals surface area contributed by atoms with Crippen LogP contribution in [0.3, 0.4) is 0 Å². The molecule has 0 aromatic heterocycles. The van der Waals surface area contributed by atoms with Gasteiger partial charge in [-0.05, 0) is 50.6 Å². The number of esters is 1. The number of amides is 2. The standard InChI is InChI=1S/C22H24N2O4/c1-4-28-22(27)16-6-5-7-18(11-16)23-21(26)17-12-20(25)24(13-17)19-9-8-14(2)10-15(19)3/h5-11,17H,4,12-13H2,1-3H3,(H,23,26). The van der Waals surface area contributed by atoms with Gasteiger partial charge in [0.1, 0.15) is 0 Å². The Hall–Kier alpha value is -3.15. The lowest BCUT2D eigenvalue weighted by Crippen LogP contribution is -2.28. The molecule has 3 rings (SSSR count). The lowest BCUT2D eigenvalue weighted by atomic mass is 10.1. The third-order valence-electron chi connectivity index (χ3n) is 4.78. The Bertz CT molecular complexity index is 923. The molecule has 1 heterocycles. The van der Waals surface area contributed by atoms with Crippen molar-refractivity contribution in [2.45, 2.75) is 27.2 Å². The van der Waals surface area contributed by atoms with E-state index in [1.165, 1.54) is 0 Å². The summed E-state index contributed by atoms with van der Waals surface area (Å²) in [6.07, 6.45) is 0.163. The lowest BCUT2D eigenvalue weighted by Gasteiger charge is -2.19. The Morgan fingerprint density at radius 1 is 1.18 bits per heavy atom. The molecule has 0 aliphatic carbocycles. The van der Waals surface area contributed by atoms with Gasteiger partial charge in [-0.25, -0.2) is 4.79 Å². The van der Waals surface area contributed by atoms with Crippen LogP contribution in [0, 0.1) is 19.8 Å². The number of carbonyl (C=O) groups excluding carboxylic acids is 3. The molecule has 0 saturated carbocycles. The molecule has 0 spiro atoms. The number of carbonyl (C=O) groups is 3. The molecular weight excluding hydrogens is 356 g/mol. The van der Waals surface area contributed by atoms with Gasteiger partial charge >= 0.3 is 5.97 Å². The number of anilines is 2. The number of aryl methyl sites for hydroxylation is 2. The summed E-state index contributed by atoms with van der Waals surface area (Å²) in [5, 5.41) is 2.81. The van der Waals surface area contributed by atoms with Gasteiger partial charge in [0.15, 0.2) is 0 Å². The van der Waals surface area contributed by atoms with Crippen molar-refractivity contribution >= 4 is 29.2 Å². The maximum atomic E-state index is 12.7. The molecule has 2 aromatic carbocycles. The summed E-state index contributed by atoms with van der Waals surface area (Å²) in [7, 11) is 0. The van der Waals surface area contributed by atoms with Crippen LogP contribution in [-0.4, -0.2) is 30.9 Å². The van der Waals surface area contributed by atoms with Gasteiger partial charge in [0.05, 0.1) is 18.1 Å². The minimum atomic E-state index is -0.445. The van der Waals surface area contributed by atoms with E-state index >= 15 is 0 Å². The molecule has 0 radical (unpaired) electrons.